The molecule has 8 heteroatoms. The van der Waals surface area contributed by atoms with Crippen molar-refractivity contribution in [3.63, 3.8) is 0 Å². The van der Waals surface area contributed by atoms with Crippen LogP contribution in [0.4, 0.5) is 0 Å². The summed E-state index contributed by atoms with van der Waals surface area (Å²) in [6.45, 7) is 4.20. The first-order valence-corrected chi connectivity index (χ1v) is 7.86. The molecule has 1 amide bonds. The molecule has 1 fully saturated rings. The van der Waals surface area contributed by atoms with Gasteiger partial charge in [-0.05, 0) is 0 Å². The van der Waals surface area contributed by atoms with Crippen LogP contribution in [0.2, 0.25) is 0 Å². The Labute approximate surface area is 110 Å². The topological polar surface area (TPSA) is 62.2 Å². The van der Waals surface area contributed by atoms with E-state index in [2.05, 4.69) is 0 Å². The zero-order valence-electron chi connectivity index (χ0n) is 11.4. The summed E-state index contributed by atoms with van der Waals surface area (Å²) >= 11 is 0. The second kappa shape index (κ2) is 6.30. The van der Waals surface area contributed by atoms with E-state index in [1.165, 1.54) is 6.92 Å². The van der Waals surface area contributed by atoms with Crippen LogP contribution in [0.3, 0.4) is 0 Å². The Kier molecular flexibility index (Phi) is 5.55. The van der Waals surface area contributed by atoms with Gasteiger partial charge in [-0.3, -0.25) is 4.79 Å². The predicted octanol–water partition coefficient (Wildman–Crippen LogP) is -0.309. The molecule has 2 radical (unpaired) electrons. The summed E-state index contributed by atoms with van der Waals surface area (Å²) in [6.07, 6.45) is -0.302. The Bertz CT molecular complexity index is 304. The van der Waals surface area contributed by atoms with Crippen LogP contribution in [0, 0.1) is 0 Å². The number of morpholine rings is 1. The summed E-state index contributed by atoms with van der Waals surface area (Å²) in [4.78, 5) is 23.0. The average Bonchev–Trinajstić information content (AvgIpc) is 2.25. The van der Waals surface area contributed by atoms with Crippen molar-refractivity contribution in [3.05, 3.63) is 0 Å². The second-order valence-corrected chi connectivity index (χ2v) is 7.43. The summed E-state index contributed by atoms with van der Waals surface area (Å²) in [5.74, 6) is -0.0343. The van der Waals surface area contributed by atoms with E-state index in [9.17, 15) is 9.69 Å². The molecule has 0 bridgehead atoms. The van der Waals surface area contributed by atoms with Gasteiger partial charge in [0.25, 0.3) is 0 Å². The van der Waals surface area contributed by atoms with Crippen molar-refractivity contribution >= 4 is 21.6 Å². The van der Waals surface area contributed by atoms with Crippen molar-refractivity contribution < 1.29 is 18.9 Å². The summed E-state index contributed by atoms with van der Waals surface area (Å²) in [5, 5.41) is 0. The SMILES string of the molecule is [B][C@H]1CN(C(C)=O)CC(CO[P+](C)(O)N(C)C)O1. The molecule has 1 aliphatic heterocycles. The van der Waals surface area contributed by atoms with E-state index in [1.54, 1.807) is 30.3 Å². The van der Waals surface area contributed by atoms with Crippen LogP contribution in [-0.2, 0) is 14.1 Å². The molecule has 1 heterocycles. The first kappa shape index (κ1) is 15.9. The average molecular weight is 275 g/mol. The van der Waals surface area contributed by atoms with Gasteiger partial charge in [0.1, 0.15) is 27.2 Å². The number of rotatable bonds is 4. The molecule has 0 aromatic rings. The molecule has 0 spiro atoms. The normalized spacial score (nSPS) is 28.2. The predicted molar refractivity (Wildman–Crippen MR) is 71.4 cm³/mol. The van der Waals surface area contributed by atoms with Crippen molar-refractivity contribution in [2.24, 2.45) is 0 Å². The van der Waals surface area contributed by atoms with Gasteiger partial charge in [0.2, 0.25) is 5.91 Å². The molecule has 1 N–H and O–H groups in total. The van der Waals surface area contributed by atoms with Crippen LogP contribution in [0.1, 0.15) is 6.92 Å². The largest absolute Gasteiger partial charge is 0.379 e. The van der Waals surface area contributed by atoms with Gasteiger partial charge in [-0.1, -0.05) is 0 Å². The highest BCUT2D eigenvalue weighted by molar-refractivity contribution is 7.62. The minimum atomic E-state index is -2.54. The van der Waals surface area contributed by atoms with Crippen molar-refractivity contribution in [1.82, 2.24) is 9.57 Å². The fourth-order valence-corrected chi connectivity index (χ4v) is 2.24. The highest BCUT2D eigenvalue weighted by Crippen LogP contribution is 2.53. The highest BCUT2D eigenvalue weighted by atomic mass is 31.2. The second-order valence-electron chi connectivity index (χ2n) is 4.70. The lowest BCUT2D eigenvalue weighted by Gasteiger charge is -2.36. The fourth-order valence-electron chi connectivity index (χ4n) is 1.56. The molecule has 0 saturated carbocycles. The maximum absolute atomic E-state index is 11.3. The van der Waals surface area contributed by atoms with E-state index in [0.717, 1.165) is 0 Å². The lowest BCUT2D eigenvalue weighted by Crippen LogP contribution is -2.51. The van der Waals surface area contributed by atoms with Crippen molar-refractivity contribution in [1.29, 1.82) is 0 Å². The van der Waals surface area contributed by atoms with Gasteiger partial charge in [-0.15, -0.1) is 4.67 Å². The Morgan fingerprint density at radius 1 is 1.61 bits per heavy atom. The molecule has 18 heavy (non-hydrogen) atoms. The van der Waals surface area contributed by atoms with Gasteiger partial charge < -0.3 is 9.64 Å². The smallest absolute Gasteiger partial charge is 0.341 e. The van der Waals surface area contributed by atoms with Gasteiger partial charge in [0, 0.05) is 40.1 Å². The molecule has 0 aromatic carbocycles. The molecule has 1 rings (SSSR count). The maximum atomic E-state index is 11.3. The molecule has 102 valence electrons. The quantitative estimate of drug-likeness (QED) is 0.563. The molecule has 3 atom stereocenters. The third-order valence-corrected chi connectivity index (χ3v) is 5.01. The Morgan fingerprint density at radius 2 is 2.22 bits per heavy atom. The van der Waals surface area contributed by atoms with Crippen molar-refractivity contribution in [2.75, 3.05) is 40.5 Å². The van der Waals surface area contributed by atoms with E-state index in [-0.39, 0.29) is 18.6 Å². The number of carbonyl (C=O) groups excluding carboxylic acids is 1. The lowest BCUT2D eigenvalue weighted by molar-refractivity contribution is -0.139. The Balaban J connectivity index is 2.49. The zero-order chi connectivity index (χ0) is 13.9. The molecular formula is C10H21BN2O4P+. The number of nitrogens with zero attached hydrogens (tertiary/aromatic N) is 2. The summed E-state index contributed by atoms with van der Waals surface area (Å²) in [5.41, 5.74) is 0. The summed E-state index contributed by atoms with van der Waals surface area (Å²) in [6, 6.07) is -0.501. The van der Waals surface area contributed by atoms with Crippen LogP contribution in [0.25, 0.3) is 0 Å². The summed E-state index contributed by atoms with van der Waals surface area (Å²) < 4.78 is 12.6. The summed E-state index contributed by atoms with van der Waals surface area (Å²) in [7, 11) is 6.69. The molecule has 6 nitrogen and oxygen atoms in total. The van der Waals surface area contributed by atoms with Gasteiger partial charge in [-0.2, -0.15) is 4.52 Å². The minimum absolute atomic E-state index is 0.0343. The third kappa shape index (κ3) is 4.48. The van der Waals surface area contributed by atoms with Crippen LogP contribution < -0.4 is 0 Å². The van der Waals surface area contributed by atoms with Crippen LogP contribution >= 0.6 is 7.87 Å². The Morgan fingerprint density at radius 3 is 2.72 bits per heavy atom. The van der Waals surface area contributed by atoms with E-state index >= 15 is 0 Å². The third-order valence-electron chi connectivity index (χ3n) is 2.88. The monoisotopic (exact) mass is 275 g/mol. The van der Waals surface area contributed by atoms with E-state index in [0.29, 0.717) is 13.1 Å². The molecule has 0 aromatic heterocycles. The molecule has 2 unspecified atom stereocenters. The highest BCUT2D eigenvalue weighted by Gasteiger charge is 2.37. The van der Waals surface area contributed by atoms with Crippen LogP contribution in [0.5, 0.6) is 0 Å². The van der Waals surface area contributed by atoms with Crippen LogP contribution in [0.15, 0.2) is 0 Å². The van der Waals surface area contributed by atoms with Crippen molar-refractivity contribution in [2.45, 2.75) is 19.0 Å². The van der Waals surface area contributed by atoms with Gasteiger partial charge in [0.05, 0.1) is 0 Å². The molecule has 0 aliphatic carbocycles. The molecular weight excluding hydrogens is 254 g/mol. The number of hydrogen-bond donors (Lipinski definition) is 1. The first-order valence-electron chi connectivity index (χ1n) is 5.80. The van der Waals surface area contributed by atoms with Gasteiger partial charge in [-0.25, -0.2) is 4.89 Å². The van der Waals surface area contributed by atoms with Crippen LogP contribution in [-0.4, -0.2) is 80.8 Å². The standard InChI is InChI=1S/C10H21BN2O4P/c1-8(14)13-5-9(17-10(11)6-13)7-16-18(4,15)12(2)3/h9-10,15H,5-7H2,1-4H3/q+1/t9?,10-,18?/m1/s1. The first-order chi connectivity index (χ1) is 8.22. The van der Waals surface area contributed by atoms with E-state index in [4.69, 9.17) is 17.1 Å². The van der Waals surface area contributed by atoms with Gasteiger partial charge in [0.15, 0.2) is 0 Å². The van der Waals surface area contributed by atoms with Gasteiger partial charge >= 0.3 is 7.87 Å². The number of carbonyl (C=O) groups is 1. The molecule has 1 aliphatic rings. The number of hydrogen-bond acceptors (Lipinski definition) is 5. The lowest BCUT2D eigenvalue weighted by atomic mass is 9.97. The Hall–Kier alpha value is -0.195. The van der Waals surface area contributed by atoms with E-state index < -0.39 is 13.9 Å². The molecule has 1 saturated heterocycles. The fraction of sp³-hybridized carbons (Fsp3) is 0.900. The number of amides is 1. The van der Waals surface area contributed by atoms with E-state index in [1.807, 2.05) is 0 Å². The zero-order valence-corrected chi connectivity index (χ0v) is 12.3. The minimum Gasteiger partial charge on any atom is -0.379 e. The van der Waals surface area contributed by atoms with Crippen molar-refractivity contribution in [3.8, 4) is 0 Å². The number of ether oxygens (including phenoxy) is 1. The maximum Gasteiger partial charge on any atom is 0.341 e.